The summed E-state index contributed by atoms with van der Waals surface area (Å²) in [5, 5.41) is 8.11. The van der Waals surface area contributed by atoms with Crippen LogP contribution in [0.25, 0.3) is 5.65 Å². The predicted molar refractivity (Wildman–Crippen MR) is 89.4 cm³/mol. The molecule has 0 radical (unpaired) electrons. The fraction of sp³-hybridized carbons (Fsp3) is 0.167. The van der Waals surface area contributed by atoms with E-state index in [1.165, 1.54) is 7.11 Å². The number of imide groups is 1. The van der Waals surface area contributed by atoms with Crippen LogP contribution in [0.1, 0.15) is 26.5 Å². The normalized spacial score (nSPS) is 14.6. The molecule has 0 bridgehead atoms. The smallest absolute Gasteiger partial charge is 0.329 e. The summed E-state index contributed by atoms with van der Waals surface area (Å²) in [6.07, 6.45) is 1.75. The molecule has 1 aliphatic heterocycles. The van der Waals surface area contributed by atoms with Gasteiger partial charge in [-0.05, 0) is 24.3 Å². The molecule has 3 heterocycles. The summed E-state index contributed by atoms with van der Waals surface area (Å²) < 4.78 is 6.54. The van der Waals surface area contributed by atoms with Crippen LogP contribution in [0.2, 0.25) is 0 Å². The minimum atomic E-state index is -1.12. The molecule has 8 nitrogen and oxygen atoms in total. The first-order valence-electron chi connectivity index (χ1n) is 7.95. The Balaban J connectivity index is 1.74. The molecule has 1 aliphatic rings. The average Bonchev–Trinajstić information content (AvgIpc) is 3.19. The lowest BCUT2D eigenvalue weighted by Gasteiger charge is -2.23. The fourth-order valence-corrected chi connectivity index (χ4v) is 3.11. The van der Waals surface area contributed by atoms with Gasteiger partial charge in [0.15, 0.2) is 5.65 Å². The molecule has 130 valence electrons. The number of aromatic nitrogens is 3. The molecule has 0 aliphatic carbocycles. The number of esters is 1. The van der Waals surface area contributed by atoms with Crippen molar-refractivity contribution in [3.05, 3.63) is 65.6 Å². The van der Waals surface area contributed by atoms with Gasteiger partial charge in [-0.15, -0.1) is 10.2 Å². The minimum absolute atomic E-state index is 0.00330. The summed E-state index contributed by atoms with van der Waals surface area (Å²) in [6.45, 7) is 0. The summed E-state index contributed by atoms with van der Waals surface area (Å²) in [5.41, 5.74) is 1.16. The highest BCUT2D eigenvalue weighted by molar-refractivity contribution is 6.22. The number of methoxy groups -OCH3 is 1. The second kappa shape index (κ2) is 6.07. The van der Waals surface area contributed by atoms with Crippen molar-refractivity contribution in [1.82, 2.24) is 19.5 Å². The Kier molecular flexibility index (Phi) is 3.72. The number of ether oxygens (including phenoxy) is 1. The van der Waals surface area contributed by atoms with Crippen molar-refractivity contribution >= 4 is 23.4 Å². The lowest BCUT2D eigenvalue weighted by molar-refractivity contribution is -0.145. The van der Waals surface area contributed by atoms with Gasteiger partial charge in [0.25, 0.3) is 11.8 Å². The molecule has 0 fully saturated rings. The van der Waals surface area contributed by atoms with Gasteiger partial charge in [0.2, 0.25) is 0 Å². The second-order valence-electron chi connectivity index (χ2n) is 5.81. The second-order valence-corrected chi connectivity index (χ2v) is 5.81. The van der Waals surface area contributed by atoms with Crippen molar-refractivity contribution in [3.8, 4) is 0 Å². The molecule has 26 heavy (non-hydrogen) atoms. The van der Waals surface area contributed by atoms with Crippen LogP contribution in [0, 0.1) is 0 Å². The molecule has 1 atom stereocenters. The van der Waals surface area contributed by atoms with Crippen molar-refractivity contribution in [1.29, 1.82) is 0 Å². The number of benzene rings is 1. The van der Waals surface area contributed by atoms with Crippen molar-refractivity contribution in [2.75, 3.05) is 7.11 Å². The zero-order valence-electron chi connectivity index (χ0n) is 13.8. The molecule has 4 rings (SSSR count). The Morgan fingerprint density at radius 1 is 1.04 bits per heavy atom. The lowest BCUT2D eigenvalue weighted by Crippen LogP contribution is -2.47. The van der Waals surface area contributed by atoms with Crippen LogP contribution >= 0.6 is 0 Å². The molecule has 0 unspecified atom stereocenters. The van der Waals surface area contributed by atoms with Gasteiger partial charge in [-0.25, -0.2) is 4.79 Å². The molecule has 8 heteroatoms. The number of hydrogen-bond acceptors (Lipinski definition) is 6. The van der Waals surface area contributed by atoms with Gasteiger partial charge in [0.1, 0.15) is 11.9 Å². The van der Waals surface area contributed by atoms with Gasteiger partial charge in [0, 0.05) is 12.6 Å². The zero-order chi connectivity index (χ0) is 18.3. The lowest BCUT2D eigenvalue weighted by atomic mass is 10.1. The van der Waals surface area contributed by atoms with Crippen LogP contribution in [0.3, 0.4) is 0 Å². The first kappa shape index (κ1) is 15.9. The number of pyridine rings is 1. The summed E-state index contributed by atoms with van der Waals surface area (Å²) >= 11 is 0. The van der Waals surface area contributed by atoms with Crippen LogP contribution < -0.4 is 0 Å². The highest BCUT2D eigenvalue weighted by Crippen LogP contribution is 2.26. The van der Waals surface area contributed by atoms with Gasteiger partial charge >= 0.3 is 5.97 Å². The summed E-state index contributed by atoms with van der Waals surface area (Å²) in [5.74, 6) is -1.27. The molecule has 0 N–H and O–H groups in total. The molecule has 2 amide bonds. The average molecular weight is 350 g/mol. The Labute approximate surface area is 148 Å². The predicted octanol–water partition coefficient (Wildman–Crippen LogP) is 1.11. The van der Waals surface area contributed by atoms with E-state index in [9.17, 15) is 14.4 Å². The highest BCUT2D eigenvalue weighted by atomic mass is 16.5. The largest absolute Gasteiger partial charge is 0.467 e. The number of carbonyl (C=O) groups excluding carboxylic acids is 3. The van der Waals surface area contributed by atoms with Gasteiger partial charge in [0.05, 0.1) is 18.2 Å². The van der Waals surface area contributed by atoms with E-state index in [-0.39, 0.29) is 17.5 Å². The maximum absolute atomic E-state index is 12.7. The van der Waals surface area contributed by atoms with Crippen molar-refractivity contribution < 1.29 is 19.1 Å². The topological polar surface area (TPSA) is 93.9 Å². The third kappa shape index (κ3) is 2.34. The molecule has 0 saturated carbocycles. The van der Waals surface area contributed by atoms with E-state index < -0.39 is 23.8 Å². The van der Waals surface area contributed by atoms with E-state index in [1.807, 2.05) is 6.07 Å². The maximum Gasteiger partial charge on any atom is 0.329 e. The molecule has 3 aromatic rings. The SMILES string of the molecule is COC(=O)[C@@H](Cc1nnc2ccccn12)N1C(=O)c2ccccc2C1=O. The van der Waals surface area contributed by atoms with Crippen LogP contribution in [-0.4, -0.2) is 50.4 Å². The molecular weight excluding hydrogens is 336 g/mol. The fourth-order valence-electron chi connectivity index (χ4n) is 3.11. The van der Waals surface area contributed by atoms with E-state index in [1.54, 1.807) is 47.0 Å². The Morgan fingerprint density at radius 3 is 2.35 bits per heavy atom. The van der Waals surface area contributed by atoms with E-state index >= 15 is 0 Å². The molecular formula is C18H14N4O4. The van der Waals surface area contributed by atoms with Crippen LogP contribution in [0.5, 0.6) is 0 Å². The Bertz CT molecular complexity index is 1010. The third-order valence-corrected chi connectivity index (χ3v) is 4.37. The van der Waals surface area contributed by atoms with E-state index in [4.69, 9.17) is 4.74 Å². The summed E-state index contributed by atoms with van der Waals surface area (Å²) in [6, 6.07) is 10.7. The zero-order valence-corrected chi connectivity index (χ0v) is 13.8. The number of fused-ring (bicyclic) bond motifs is 2. The van der Waals surface area contributed by atoms with E-state index in [0.29, 0.717) is 11.5 Å². The molecule has 1 aromatic carbocycles. The van der Waals surface area contributed by atoms with Crippen molar-refractivity contribution in [2.24, 2.45) is 0 Å². The Hall–Kier alpha value is -3.55. The van der Waals surface area contributed by atoms with Crippen LogP contribution in [0.15, 0.2) is 48.7 Å². The quantitative estimate of drug-likeness (QED) is 0.517. The number of rotatable bonds is 4. The van der Waals surface area contributed by atoms with Gasteiger partial charge in [-0.1, -0.05) is 18.2 Å². The highest BCUT2D eigenvalue weighted by Gasteiger charge is 2.43. The maximum atomic E-state index is 12.7. The third-order valence-electron chi connectivity index (χ3n) is 4.37. The van der Waals surface area contributed by atoms with Crippen molar-refractivity contribution in [3.63, 3.8) is 0 Å². The Morgan fingerprint density at radius 2 is 1.69 bits per heavy atom. The van der Waals surface area contributed by atoms with Crippen molar-refractivity contribution in [2.45, 2.75) is 12.5 Å². The van der Waals surface area contributed by atoms with Gasteiger partial charge < -0.3 is 4.74 Å². The molecule has 2 aromatic heterocycles. The number of carbonyl (C=O) groups is 3. The number of amides is 2. The van der Waals surface area contributed by atoms with E-state index in [2.05, 4.69) is 10.2 Å². The monoisotopic (exact) mass is 350 g/mol. The standard InChI is InChI=1S/C18H14N4O4/c1-26-18(25)13(10-15-20-19-14-8-4-5-9-21(14)15)22-16(23)11-6-2-3-7-12(11)17(22)24/h2-9,13H,10H2,1H3/t13-/m1/s1. The van der Waals surface area contributed by atoms with Gasteiger partial charge in [-0.2, -0.15) is 0 Å². The summed E-state index contributed by atoms with van der Waals surface area (Å²) in [4.78, 5) is 38.8. The van der Waals surface area contributed by atoms with Crippen LogP contribution in [-0.2, 0) is 16.0 Å². The number of hydrogen-bond donors (Lipinski definition) is 0. The minimum Gasteiger partial charge on any atom is -0.467 e. The molecule has 0 saturated heterocycles. The molecule has 0 spiro atoms. The van der Waals surface area contributed by atoms with Gasteiger partial charge in [-0.3, -0.25) is 18.9 Å². The summed E-state index contributed by atoms with van der Waals surface area (Å²) in [7, 11) is 1.22. The first-order valence-corrected chi connectivity index (χ1v) is 7.95. The van der Waals surface area contributed by atoms with Crippen LogP contribution in [0.4, 0.5) is 0 Å². The number of nitrogens with zero attached hydrogens (tertiary/aromatic N) is 4. The first-order chi connectivity index (χ1) is 12.6. The van der Waals surface area contributed by atoms with E-state index in [0.717, 1.165) is 4.90 Å².